The van der Waals surface area contributed by atoms with Gasteiger partial charge in [0.2, 0.25) is 0 Å². The lowest BCUT2D eigenvalue weighted by molar-refractivity contribution is -0.144. The van der Waals surface area contributed by atoms with Crippen LogP contribution in [0.4, 0.5) is 0 Å². The van der Waals surface area contributed by atoms with Gasteiger partial charge in [0.1, 0.15) is 36.4 Å². The molecule has 2 saturated heterocycles. The van der Waals surface area contributed by atoms with Crippen LogP contribution in [0.1, 0.15) is 62.6 Å². The van der Waals surface area contributed by atoms with Gasteiger partial charge in [-0.1, -0.05) is 97.6 Å². The first kappa shape index (κ1) is 39.6. The summed E-state index contributed by atoms with van der Waals surface area (Å²) in [6.07, 6.45) is 9.99. The first-order valence-corrected chi connectivity index (χ1v) is 19.6. The fraction of sp³-hybridized carbons (Fsp3) is 0.452. The second kappa shape index (κ2) is 17.6. The highest BCUT2D eigenvalue weighted by atomic mass is 35.5. The lowest BCUT2D eigenvalue weighted by atomic mass is 9.65. The van der Waals surface area contributed by atoms with Gasteiger partial charge in [-0.05, 0) is 79.3 Å². The lowest BCUT2D eigenvalue weighted by Gasteiger charge is -2.47. The molecule has 53 heavy (non-hydrogen) atoms. The molecule has 1 unspecified atom stereocenters. The van der Waals surface area contributed by atoms with Crippen molar-refractivity contribution in [2.45, 2.75) is 76.9 Å². The van der Waals surface area contributed by atoms with Crippen LogP contribution < -0.4 is 9.47 Å². The molecule has 3 atom stereocenters. The molecular weight excluding hydrogens is 735 g/mol. The molecule has 3 aromatic carbocycles. The fourth-order valence-electron chi connectivity index (χ4n) is 7.74. The number of hydrogen-bond donors (Lipinski definition) is 2. The molecule has 3 aromatic rings. The number of aliphatic hydroxyl groups excluding tert-OH is 1. The van der Waals surface area contributed by atoms with Crippen molar-refractivity contribution in [3.05, 3.63) is 111 Å². The van der Waals surface area contributed by atoms with Crippen molar-refractivity contribution in [1.82, 2.24) is 9.80 Å². The highest BCUT2D eigenvalue weighted by molar-refractivity contribution is 6.34. The van der Waals surface area contributed by atoms with Crippen LogP contribution in [-0.2, 0) is 22.7 Å². The van der Waals surface area contributed by atoms with Crippen LogP contribution in [0.25, 0.3) is 5.57 Å². The second-order valence-corrected chi connectivity index (χ2v) is 16.1. The third-order valence-electron chi connectivity index (χ3n) is 10.8. The van der Waals surface area contributed by atoms with Crippen molar-refractivity contribution >= 4 is 46.3 Å². The van der Waals surface area contributed by atoms with Crippen LogP contribution in [0.15, 0.2) is 78.9 Å². The number of nitrogens with zero attached hydrogens (tertiary/aromatic N) is 2. The van der Waals surface area contributed by atoms with E-state index in [1.165, 1.54) is 0 Å². The van der Waals surface area contributed by atoms with Gasteiger partial charge in [-0.2, -0.15) is 0 Å². The third kappa shape index (κ3) is 9.60. The Morgan fingerprint density at radius 2 is 1.72 bits per heavy atom. The average Bonchev–Trinajstić information content (AvgIpc) is 3.54. The monoisotopic (exact) mass is 782 g/mol. The molecule has 0 radical (unpaired) electrons. The SMILES string of the molecule is CC1(C)C(c2ccccc2)=CC=CC1(COc1cc(OCc2cc(Cl)cc(Cl)c2)c(CN2CCCC[C@H]2C(=O)O)cc1Cl)OCCCN1CC[C@@H](O)C1. The van der Waals surface area contributed by atoms with E-state index < -0.39 is 23.0 Å². The van der Waals surface area contributed by atoms with Gasteiger partial charge < -0.3 is 29.3 Å². The Morgan fingerprint density at radius 3 is 2.43 bits per heavy atom. The van der Waals surface area contributed by atoms with E-state index in [4.69, 9.17) is 49.0 Å². The quantitative estimate of drug-likeness (QED) is 0.148. The molecule has 0 saturated carbocycles. The minimum Gasteiger partial charge on any atom is -0.488 e. The highest BCUT2D eigenvalue weighted by Gasteiger charge is 2.49. The van der Waals surface area contributed by atoms with Crippen LogP contribution in [0, 0.1) is 5.41 Å². The molecule has 1 aliphatic carbocycles. The molecule has 2 heterocycles. The largest absolute Gasteiger partial charge is 0.488 e. The van der Waals surface area contributed by atoms with E-state index in [0.717, 1.165) is 61.0 Å². The van der Waals surface area contributed by atoms with E-state index >= 15 is 0 Å². The van der Waals surface area contributed by atoms with Crippen LogP contribution in [0.2, 0.25) is 15.1 Å². The van der Waals surface area contributed by atoms with Crippen molar-refractivity contribution in [1.29, 1.82) is 0 Å². The molecule has 11 heteroatoms. The molecule has 0 spiro atoms. The summed E-state index contributed by atoms with van der Waals surface area (Å²) < 4.78 is 20.0. The van der Waals surface area contributed by atoms with Gasteiger partial charge in [0.15, 0.2) is 0 Å². The number of ether oxygens (including phenoxy) is 3. The number of carboxylic acid groups (broad SMARTS) is 1. The first-order valence-electron chi connectivity index (χ1n) is 18.4. The Hall–Kier alpha value is -3.08. The molecule has 0 amide bonds. The van der Waals surface area contributed by atoms with Gasteiger partial charge in [-0.3, -0.25) is 9.69 Å². The van der Waals surface area contributed by atoms with E-state index in [9.17, 15) is 15.0 Å². The number of likely N-dealkylation sites (tertiary alicyclic amines) is 2. The molecule has 0 bridgehead atoms. The van der Waals surface area contributed by atoms with E-state index in [1.54, 1.807) is 24.3 Å². The summed E-state index contributed by atoms with van der Waals surface area (Å²) in [5.41, 5.74) is 2.42. The smallest absolute Gasteiger partial charge is 0.320 e. The molecule has 6 rings (SSSR count). The van der Waals surface area contributed by atoms with Gasteiger partial charge in [0.25, 0.3) is 0 Å². The zero-order valence-electron chi connectivity index (χ0n) is 30.4. The lowest BCUT2D eigenvalue weighted by Crippen LogP contribution is -2.52. The highest BCUT2D eigenvalue weighted by Crippen LogP contribution is 2.49. The van der Waals surface area contributed by atoms with Crippen LogP contribution in [0.3, 0.4) is 0 Å². The summed E-state index contributed by atoms with van der Waals surface area (Å²) >= 11 is 19.6. The molecular formula is C42H49Cl3N2O6. The number of aliphatic hydroxyl groups is 1. The third-order valence-corrected chi connectivity index (χ3v) is 11.5. The average molecular weight is 784 g/mol. The van der Waals surface area contributed by atoms with Crippen molar-refractivity contribution < 1.29 is 29.2 Å². The number of allylic oxidation sites excluding steroid dienone is 2. The van der Waals surface area contributed by atoms with Gasteiger partial charge in [-0.15, -0.1) is 0 Å². The molecule has 2 aliphatic heterocycles. The number of aliphatic carboxylic acids is 1. The number of carbonyl (C=O) groups is 1. The van der Waals surface area contributed by atoms with Crippen molar-refractivity contribution in [3.8, 4) is 11.5 Å². The summed E-state index contributed by atoms with van der Waals surface area (Å²) in [4.78, 5) is 16.4. The number of piperidine rings is 1. The van der Waals surface area contributed by atoms with Crippen molar-refractivity contribution in [2.75, 3.05) is 39.4 Å². The molecule has 0 aromatic heterocycles. The standard InChI is InChI=1S/C42H49Cl3N2O6/c1-41(2)35(30-10-4-3-5-11-30)12-8-15-42(41,53-19-9-16-46-18-14-34(48)26-46)28-52-39-24-38(51-27-29-20-32(43)23-33(44)21-29)31(22-36(39)45)25-47-17-7-6-13-37(47)40(49)50/h3-5,8,10-12,15,20-24,34,37,48H,6-7,9,13-14,16-19,25-28H2,1-2H3,(H,49,50)/t34-,37+,42?/m1/s1. The molecule has 3 aliphatic rings. The minimum absolute atomic E-state index is 0.165. The van der Waals surface area contributed by atoms with Gasteiger partial charge >= 0.3 is 5.97 Å². The number of carboxylic acids is 1. The summed E-state index contributed by atoms with van der Waals surface area (Å²) in [6.45, 7) is 8.64. The molecule has 284 valence electrons. The van der Waals surface area contributed by atoms with E-state index in [1.807, 2.05) is 35.2 Å². The van der Waals surface area contributed by atoms with E-state index in [0.29, 0.717) is 59.2 Å². The zero-order chi connectivity index (χ0) is 37.6. The van der Waals surface area contributed by atoms with Crippen molar-refractivity contribution in [2.24, 2.45) is 5.41 Å². The van der Waals surface area contributed by atoms with Gasteiger partial charge in [-0.25, -0.2) is 0 Å². The van der Waals surface area contributed by atoms with Crippen LogP contribution in [0.5, 0.6) is 11.5 Å². The maximum absolute atomic E-state index is 12.2. The summed E-state index contributed by atoms with van der Waals surface area (Å²) in [5.74, 6) is 0.125. The number of β-amino-alcohol motifs (C(OH)–C–C–N with tert-alkyl or cyclic N) is 1. The first-order chi connectivity index (χ1) is 25.4. The fourth-order valence-corrected chi connectivity index (χ4v) is 8.55. The maximum atomic E-state index is 12.2. The normalized spacial score (nSPS) is 23.2. The molecule has 2 N–H and O–H groups in total. The predicted molar refractivity (Wildman–Crippen MR) is 211 cm³/mol. The number of benzene rings is 3. The van der Waals surface area contributed by atoms with Gasteiger partial charge in [0, 0.05) is 59.9 Å². The minimum atomic E-state index is -0.861. The maximum Gasteiger partial charge on any atom is 0.320 e. The summed E-state index contributed by atoms with van der Waals surface area (Å²) in [6, 6.07) is 18.6. The van der Waals surface area contributed by atoms with E-state index in [-0.39, 0.29) is 19.3 Å². The van der Waals surface area contributed by atoms with Gasteiger partial charge in [0.05, 0.1) is 11.1 Å². The summed E-state index contributed by atoms with van der Waals surface area (Å²) in [7, 11) is 0. The predicted octanol–water partition coefficient (Wildman–Crippen LogP) is 8.94. The van der Waals surface area contributed by atoms with Crippen LogP contribution in [-0.4, -0.2) is 83.1 Å². The Balaban J connectivity index is 1.28. The molecule has 8 nitrogen and oxygen atoms in total. The number of rotatable bonds is 15. The Kier molecular flexibility index (Phi) is 13.1. The van der Waals surface area contributed by atoms with Crippen LogP contribution >= 0.6 is 34.8 Å². The Labute approximate surface area is 327 Å². The zero-order valence-corrected chi connectivity index (χ0v) is 32.7. The number of hydrogen-bond acceptors (Lipinski definition) is 7. The Morgan fingerprint density at radius 1 is 0.943 bits per heavy atom. The Bertz CT molecular complexity index is 1780. The van der Waals surface area contributed by atoms with Crippen molar-refractivity contribution in [3.63, 3.8) is 0 Å². The number of halogens is 3. The second-order valence-electron chi connectivity index (χ2n) is 14.8. The van der Waals surface area contributed by atoms with E-state index in [2.05, 4.69) is 43.0 Å². The molecule has 2 fully saturated rings. The summed E-state index contributed by atoms with van der Waals surface area (Å²) in [5, 5.41) is 21.4. The topological polar surface area (TPSA) is 91.7 Å².